The van der Waals surface area contributed by atoms with Crippen LogP contribution in [0, 0.1) is 12.3 Å². The zero-order valence-electron chi connectivity index (χ0n) is 11.3. The van der Waals surface area contributed by atoms with E-state index in [0.29, 0.717) is 17.7 Å². The van der Waals surface area contributed by atoms with Crippen molar-refractivity contribution in [2.45, 2.75) is 30.7 Å². The number of terminal acetylenes is 1. The Hall–Kier alpha value is -1.83. The van der Waals surface area contributed by atoms with Crippen LogP contribution in [0.4, 0.5) is 0 Å². The van der Waals surface area contributed by atoms with Gasteiger partial charge >= 0.3 is 0 Å². The Morgan fingerprint density at radius 1 is 1.20 bits per heavy atom. The molecule has 0 bridgehead atoms. The van der Waals surface area contributed by atoms with Crippen molar-refractivity contribution in [3.8, 4) is 12.3 Å². The van der Waals surface area contributed by atoms with Crippen molar-refractivity contribution in [3.05, 3.63) is 42.5 Å². The molecule has 0 saturated heterocycles. The molecule has 3 nitrogen and oxygen atoms in total. The second kappa shape index (κ2) is 6.08. The van der Waals surface area contributed by atoms with Gasteiger partial charge in [-0.05, 0) is 17.9 Å². The first-order valence-electron chi connectivity index (χ1n) is 6.52. The summed E-state index contributed by atoms with van der Waals surface area (Å²) in [7, 11) is -3.57. The maximum Gasteiger partial charge on any atom is 0.241 e. The van der Waals surface area contributed by atoms with Gasteiger partial charge in [-0.1, -0.05) is 43.3 Å². The SMILES string of the molecule is C#CCC(CC)NS(=O)(=O)c1cccc2ccccc12. The molecule has 20 heavy (non-hydrogen) atoms. The summed E-state index contributed by atoms with van der Waals surface area (Å²) in [5, 5.41) is 1.62. The van der Waals surface area contributed by atoms with E-state index in [4.69, 9.17) is 6.42 Å². The van der Waals surface area contributed by atoms with Crippen LogP contribution in [-0.4, -0.2) is 14.5 Å². The molecule has 0 aromatic heterocycles. The summed E-state index contributed by atoms with van der Waals surface area (Å²) in [6.45, 7) is 1.91. The van der Waals surface area contributed by atoms with Gasteiger partial charge in [0.05, 0.1) is 4.90 Å². The molecule has 1 atom stereocenters. The van der Waals surface area contributed by atoms with E-state index in [-0.39, 0.29) is 6.04 Å². The normalized spacial score (nSPS) is 13.0. The highest BCUT2D eigenvalue weighted by Gasteiger charge is 2.20. The maximum atomic E-state index is 12.5. The average molecular weight is 287 g/mol. The Kier molecular flexibility index (Phi) is 4.43. The van der Waals surface area contributed by atoms with Gasteiger partial charge in [-0.2, -0.15) is 0 Å². The Morgan fingerprint density at radius 2 is 1.90 bits per heavy atom. The number of hydrogen-bond donors (Lipinski definition) is 1. The second-order valence-corrected chi connectivity index (χ2v) is 6.29. The van der Waals surface area contributed by atoms with Gasteiger partial charge in [0.25, 0.3) is 0 Å². The highest BCUT2D eigenvalue weighted by Crippen LogP contribution is 2.23. The highest BCUT2D eigenvalue weighted by atomic mass is 32.2. The molecule has 0 fully saturated rings. The maximum absolute atomic E-state index is 12.5. The van der Waals surface area contributed by atoms with Gasteiger partial charge in [-0.25, -0.2) is 13.1 Å². The van der Waals surface area contributed by atoms with Gasteiger partial charge in [0.2, 0.25) is 10.0 Å². The quantitative estimate of drug-likeness (QED) is 0.859. The first-order chi connectivity index (χ1) is 9.58. The average Bonchev–Trinajstić information content (AvgIpc) is 2.46. The van der Waals surface area contributed by atoms with Gasteiger partial charge in [0.15, 0.2) is 0 Å². The summed E-state index contributed by atoms with van der Waals surface area (Å²) in [4.78, 5) is 0.297. The highest BCUT2D eigenvalue weighted by molar-refractivity contribution is 7.89. The van der Waals surface area contributed by atoms with Crippen LogP contribution in [0.15, 0.2) is 47.4 Å². The van der Waals surface area contributed by atoms with E-state index in [1.54, 1.807) is 12.1 Å². The van der Waals surface area contributed by atoms with Crippen molar-refractivity contribution in [2.24, 2.45) is 0 Å². The standard InChI is InChI=1S/C16H17NO2S/c1-3-8-14(4-2)17-20(18,19)16-12-7-10-13-9-5-6-11-15(13)16/h1,5-7,9-12,14,17H,4,8H2,2H3. The van der Waals surface area contributed by atoms with Crippen molar-refractivity contribution in [2.75, 3.05) is 0 Å². The van der Waals surface area contributed by atoms with Gasteiger partial charge < -0.3 is 0 Å². The molecule has 2 rings (SSSR count). The van der Waals surface area contributed by atoms with Crippen LogP contribution >= 0.6 is 0 Å². The van der Waals surface area contributed by atoms with Gasteiger partial charge in [-0.15, -0.1) is 12.3 Å². The number of fused-ring (bicyclic) bond motifs is 1. The number of benzene rings is 2. The molecule has 1 unspecified atom stereocenters. The van der Waals surface area contributed by atoms with Gasteiger partial charge in [0, 0.05) is 17.8 Å². The minimum absolute atomic E-state index is 0.232. The van der Waals surface area contributed by atoms with Gasteiger partial charge in [-0.3, -0.25) is 0 Å². The van der Waals surface area contributed by atoms with Crippen molar-refractivity contribution < 1.29 is 8.42 Å². The fourth-order valence-electron chi connectivity index (χ4n) is 2.12. The molecule has 2 aromatic rings. The molecule has 104 valence electrons. The van der Waals surface area contributed by atoms with Crippen LogP contribution in [0.2, 0.25) is 0 Å². The zero-order valence-corrected chi connectivity index (χ0v) is 12.2. The summed E-state index contributed by atoms with van der Waals surface area (Å²) < 4.78 is 27.7. The predicted octanol–water partition coefficient (Wildman–Crippen LogP) is 2.92. The van der Waals surface area contributed by atoms with Crippen LogP contribution in [-0.2, 0) is 10.0 Å². The molecule has 2 aromatic carbocycles. The van der Waals surface area contributed by atoms with Crippen LogP contribution in [0.25, 0.3) is 10.8 Å². The lowest BCUT2D eigenvalue weighted by Crippen LogP contribution is -2.34. The molecular weight excluding hydrogens is 270 g/mol. The molecule has 0 amide bonds. The Morgan fingerprint density at radius 3 is 2.60 bits per heavy atom. The van der Waals surface area contributed by atoms with Crippen LogP contribution in [0.3, 0.4) is 0 Å². The lowest BCUT2D eigenvalue weighted by molar-refractivity contribution is 0.545. The Balaban J connectivity index is 2.45. The van der Waals surface area contributed by atoms with E-state index < -0.39 is 10.0 Å². The lowest BCUT2D eigenvalue weighted by atomic mass is 10.1. The summed E-state index contributed by atoms with van der Waals surface area (Å²) in [5.74, 6) is 2.50. The summed E-state index contributed by atoms with van der Waals surface area (Å²) >= 11 is 0. The minimum Gasteiger partial charge on any atom is -0.207 e. The number of sulfonamides is 1. The second-order valence-electron chi connectivity index (χ2n) is 4.61. The van der Waals surface area contributed by atoms with Crippen molar-refractivity contribution >= 4 is 20.8 Å². The fraction of sp³-hybridized carbons (Fsp3) is 0.250. The van der Waals surface area contributed by atoms with Crippen molar-refractivity contribution in [1.29, 1.82) is 0 Å². The number of nitrogens with one attached hydrogen (secondary N) is 1. The minimum atomic E-state index is -3.57. The molecular formula is C16H17NO2S. The first kappa shape index (κ1) is 14.6. The van der Waals surface area contributed by atoms with Gasteiger partial charge in [0.1, 0.15) is 0 Å². The largest absolute Gasteiger partial charge is 0.241 e. The number of rotatable bonds is 5. The molecule has 0 aliphatic rings. The summed E-state index contributed by atoms with van der Waals surface area (Å²) in [5.41, 5.74) is 0. The van der Waals surface area contributed by atoms with Crippen LogP contribution < -0.4 is 4.72 Å². The van der Waals surface area contributed by atoms with Crippen molar-refractivity contribution in [1.82, 2.24) is 4.72 Å². The molecule has 0 spiro atoms. The number of hydrogen-bond acceptors (Lipinski definition) is 2. The monoisotopic (exact) mass is 287 g/mol. The Bertz CT molecular complexity index is 739. The molecule has 1 N–H and O–H groups in total. The van der Waals surface area contributed by atoms with E-state index in [0.717, 1.165) is 10.8 Å². The predicted molar refractivity (Wildman–Crippen MR) is 81.8 cm³/mol. The third-order valence-electron chi connectivity index (χ3n) is 3.22. The molecule has 0 heterocycles. The molecule has 0 radical (unpaired) electrons. The molecule has 0 saturated carbocycles. The third kappa shape index (κ3) is 3.01. The van der Waals surface area contributed by atoms with Crippen LogP contribution in [0.5, 0.6) is 0 Å². The van der Waals surface area contributed by atoms with E-state index in [1.807, 2.05) is 37.3 Å². The molecule has 0 aliphatic carbocycles. The fourth-order valence-corrected chi connectivity index (χ4v) is 3.67. The third-order valence-corrected chi connectivity index (χ3v) is 4.80. The van der Waals surface area contributed by atoms with E-state index in [9.17, 15) is 8.42 Å². The summed E-state index contributed by atoms with van der Waals surface area (Å²) in [6, 6.07) is 12.5. The van der Waals surface area contributed by atoms with Crippen LogP contribution in [0.1, 0.15) is 19.8 Å². The van der Waals surface area contributed by atoms with E-state index >= 15 is 0 Å². The van der Waals surface area contributed by atoms with Crippen molar-refractivity contribution in [3.63, 3.8) is 0 Å². The lowest BCUT2D eigenvalue weighted by Gasteiger charge is -2.15. The Labute approximate surface area is 120 Å². The molecule has 4 heteroatoms. The topological polar surface area (TPSA) is 46.2 Å². The first-order valence-corrected chi connectivity index (χ1v) is 8.00. The summed E-state index contributed by atoms with van der Waals surface area (Å²) in [6.07, 6.45) is 6.32. The van der Waals surface area contributed by atoms with E-state index in [1.165, 1.54) is 0 Å². The smallest absolute Gasteiger partial charge is 0.207 e. The van der Waals surface area contributed by atoms with E-state index in [2.05, 4.69) is 10.6 Å². The molecule has 0 aliphatic heterocycles. The zero-order chi connectivity index (χ0) is 14.6.